The molecule has 5 rings (SSSR count). The second-order valence-corrected chi connectivity index (χ2v) is 8.54. The van der Waals surface area contributed by atoms with Crippen molar-refractivity contribution in [3.63, 3.8) is 0 Å². The lowest BCUT2D eigenvalue weighted by Gasteiger charge is -2.32. The summed E-state index contributed by atoms with van der Waals surface area (Å²) < 4.78 is 9.77. The van der Waals surface area contributed by atoms with E-state index in [1.54, 1.807) is 6.20 Å². The third-order valence-electron chi connectivity index (χ3n) is 6.59. The van der Waals surface area contributed by atoms with Crippen LogP contribution in [0.5, 0.6) is 0 Å². The van der Waals surface area contributed by atoms with Crippen LogP contribution in [0.25, 0.3) is 0 Å². The van der Waals surface area contributed by atoms with E-state index in [0.717, 1.165) is 70.9 Å². The number of ether oxygens (including phenoxy) is 1. The summed E-state index contributed by atoms with van der Waals surface area (Å²) in [4.78, 5) is 19.5. The van der Waals surface area contributed by atoms with Gasteiger partial charge in [0.25, 0.3) is 0 Å². The van der Waals surface area contributed by atoms with E-state index in [2.05, 4.69) is 21.2 Å². The molecule has 1 atom stereocenters. The van der Waals surface area contributed by atoms with Gasteiger partial charge >= 0.3 is 6.03 Å². The average Bonchev–Trinajstić information content (AvgIpc) is 3.50. The van der Waals surface area contributed by atoms with Gasteiger partial charge < -0.3 is 14.2 Å². The fourth-order valence-electron chi connectivity index (χ4n) is 4.87. The van der Waals surface area contributed by atoms with Gasteiger partial charge in [-0.05, 0) is 38.5 Å². The van der Waals surface area contributed by atoms with Crippen LogP contribution < -0.4 is 5.32 Å². The summed E-state index contributed by atoms with van der Waals surface area (Å²) in [6.45, 7) is 5.02. The zero-order chi connectivity index (χ0) is 19.6. The predicted molar refractivity (Wildman–Crippen MR) is 109 cm³/mol. The molecule has 0 saturated carbocycles. The molecule has 3 aliphatic heterocycles. The Morgan fingerprint density at radius 1 is 1.21 bits per heavy atom. The maximum Gasteiger partial charge on any atom is 0.322 e. The van der Waals surface area contributed by atoms with Gasteiger partial charge in [-0.3, -0.25) is 5.32 Å². The van der Waals surface area contributed by atoms with Crippen LogP contribution >= 0.6 is 0 Å². The second-order valence-electron chi connectivity index (χ2n) is 8.54. The summed E-state index contributed by atoms with van der Waals surface area (Å²) in [6.07, 6.45) is 10.5. The average molecular weight is 399 g/mol. The van der Waals surface area contributed by atoms with Crippen LogP contribution in [0, 0.1) is 5.92 Å². The molecular weight excluding hydrogens is 368 g/mol. The van der Waals surface area contributed by atoms with E-state index in [1.807, 2.05) is 15.6 Å². The Morgan fingerprint density at radius 3 is 2.93 bits per heavy atom. The van der Waals surface area contributed by atoms with Crippen LogP contribution in [0.15, 0.2) is 18.5 Å². The van der Waals surface area contributed by atoms with E-state index in [1.165, 1.54) is 24.4 Å². The van der Waals surface area contributed by atoms with Gasteiger partial charge in [-0.2, -0.15) is 5.10 Å². The standard InChI is InChI=1S/C21H30N6O2/c28-21(24-19-4-8-23-27(19)14-16-7-12-29-15-16)25-10-5-17(6-11-25)20-22-13-18-3-1-2-9-26(18)20/h4,8,13,16-17H,1-3,5-7,9-12,14-15H2,(H,24,28). The molecule has 1 N–H and O–H groups in total. The monoisotopic (exact) mass is 398 g/mol. The van der Waals surface area contributed by atoms with Gasteiger partial charge in [0.2, 0.25) is 0 Å². The molecule has 3 aliphatic rings. The molecule has 1 unspecified atom stereocenters. The highest BCUT2D eigenvalue weighted by molar-refractivity contribution is 5.88. The van der Waals surface area contributed by atoms with Gasteiger partial charge in [-0.25, -0.2) is 14.5 Å². The molecule has 0 aromatic carbocycles. The molecule has 2 amide bonds. The van der Waals surface area contributed by atoms with Crippen molar-refractivity contribution in [2.75, 3.05) is 31.6 Å². The Balaban J connectivity index is 1.17. The van der Waals surface area contributed by atoms with Gasteiger partial charge in [0.05, 0.1) is 12.8 Å². The van der Waals surface area contributed by atoms with Gasteiger partial charge in [-0.1, -0.05) is 0 Å². The first kappa shape index (κ1) is 18.7. The third-order valence-corrected chi connectivity index (χ3v) is 6.59. The molecule has 8 heteroatoms. The quantitative estimate of drug-likeness (QED) is 0.859. The number of rotatable bonds is 4. The van der Waals surface area contributed by atoms with Crippen molar-refractivity contribution in [1.29, 1.82) is 0 Å². The Labute approximate surface area is 171 Å². The molecule has 2 aromatic heterocycles. The summed E-state index contributed by atoms with van der Waals surface area (Å²) in [5.41, 5.74) is 1.38. The van der Waals surface area contributed by atoms with Gasteiger partial charge in [0.1, 0.15) is 11.6 Å². The van der Waals surface area contributed by atoms with Gasteiger partial charge in [-0.15, -0.1) is 0 Å². The van der Waals surface area contributed by atoms with Crippen molar-refractivity contribution in [3.8, 4) is 0 Å². The summed E-state index contributed by atoms with van der Waals surface area (Å²) >= 11 is 0. The van der Waals surface area contributed by atoms with E-state index in [0.29, 0.717) is 11.8 Å². The number of imidazole rings is 1. The maximum absolute atomic E-state index is 12.8. The van der Waals surface area contributed by atoms with Crippen LogP contribution in [0.3, 0.4) is 0 Å². The van der Waals surface area contributed by atoms with Crippen molar-refractivity contribution in [2.45, 2.75) is 57.5 Å². The number of piperidine rings is 1. The van der Waals surface area contributed by atoms with Crippen molar-refractivity contribution in [1.82, 2.24) is 24.2 Å². The zero-order valence-corrected chi connectivity index (χ0v) is 16.9. The number of urea groups is 1. The SMILES string of the molecule is O=C(Nc1ccnn1CC1CCOC1)N1CCC(c2ncc3n2CCCC3)CC1. The molecule has 0 aliphatic carbocycles. The molecule has 156 valence electrons. The molecule has 0 radical (unpaired) electrons. The number of anilines is 1. The Hall–Kier alpha value is -2.35. The minimum Gasteiger partial charge on any atom is -0.381 e. The molecule has 5 heterocycles. The first-order valence-electron chi connectivity index (χ1n) is 11.0. The molecule has 29 heavy (non-hydrogen) atoms. The summed E-state index contributed by atoms with van der Waals surface area (Å²) in [7, 11) is 0. The fraction of sp³-hybridized carbons (Fsp3) is 0.667. The first-order valence-corrected chi connectivity index (χ1v) is 11.0. The van der Waals surface area contributed by atoms with Gasteiger partial charge in [0, 0.05) is 62.6 Å². The molecule has 2 aromatic rings. The number of carbonyl (C=O) groups excluding carboxylic acids is 1. The smallest absolute Gasteiger partial charge is 0.322 e. The number of nitrogens with zero attached hydrogens (tertiary/aromatic N) is 5. The fourth-order valence-corrected chi connectivity index (χ4v) is 4.87. The molecule has 2 fully saturated rings. The molecule has 0 spiro atoms. The molecule has 8 nitrogen and oxygen atoms in total. The number of likely N-dealkylation sites (tertiary alicyclic amines) is 1. The Bertz CT molecular complexity index is 845. The minimum atomic E-state index is -0.0296. The Kier molecular flexibility index (Phi) is 5.26. The minimum absolute atomic E-state index is 0.0296. The Morgan fingerprint density at radius 2 is 2.10 bits per heavy atom. The predicted octanol–water partition coefficient (Wildman–Crippen LogP) is 2.86. The van der Waals surface area contributed by atoms with Crippen LogP contribution in [0.2, 0.25) is 0 Å². The van der Waals surface area contributed by atoms with Crippen molar-refractivity contribution in [2.24, 2.45) is 5.92 Å². The lowest BCUT2D eigenvalue weighted by molar-refractivity contribution is 0.181. The van der Waals surface area contributed by atoms with Crippen LogP contribution in [-0.4, -0.2) is 56.6 Å². The second kappa shape index (κ2) is 8.18. The van der Waals surface area contributed by atoms with Crippen LogP contribution in [-0.2, 0) is 24.2 Å². The highest BCUT2D eigenvalue weighted by atomic mass is 16.5. The van der Waals surface area contributed by atoms with E-state index in [4.69, 9.17) is 9.72 Å². The number of hydrogen-bond donors (Lipinski definition) is 1. The van der Waals surface area contributed by atoms with E-state index < -0.39 is 0 Å². The summed E-state index contributed by atoms with van der Waals surface area (Å²) in [5, 5.41) is 7.44. The molecule has 2 saturated heterocycles. The van der Waals surface area contributed by atoms with Crippen LogP contribution in [0.1, 0.15) is 49.5 Å². The molecular formula is C21H30N6O2. The number of fused-ring (bicyclic) bond motifs is 1. The van der Waals surface area contributed by atoms with Crippen molar-refractivity contribution in [3.05, 3.63) is 30.0 Å². The summed E-state index contributed by atoms with van der Waals surface area (Å²) in [5.74, 6) is 2.93. The number of aryl methyl sites for hydroxylation is 1. The highest BCUT2D eigenvalue weighted by Crippen LogP contribution is 2.30. The number of hydrogen-bond acceptors (Lipinski definition) is 4. The lowest BCUT2D eigenvalue weighted by Crippen LogP contribution is -2.41. The zero-order valence-electron chi connectivity index (χ0n) is 16.9. The van der Waals surface area contributed by atoms with E-state index >= 15 is 0 Å². The van der Waals surface area contributed by atoms with Crippen molar-refractivity contribution >= 4 is 11.8 Å². The first-order chi connectivity index (χ1) is 14.3. The largest absolute Gasteiger partial charge is 0.381 e. The summed E-state index contributed by atoms with van der Waals surface area (Å²) in [6, 6.07) is 1.84. The lowest BCUT2D eigenvalue weighted by atomic mass is 9.95. The number of nitrogens with one attached hydrogen (secondary N) is 1. The van der Waals surface area contributed by atoms with E-state index in [9.17, 15) is 4.79 Å². The van der Waals surface area contributed by atoms with E-state index in [-0.39, 0.29) is 6.03 Å². The maximum atomic E-state index is 12.8. The third kappa shape index (κ3) is 3.90. The topological polar surface area (TPSA) is 77.2 Å². The number of carbonyl (C=O) groups is 1. The molecule has 0 bridgehead atoms. The number of amides is 2. The van der Waals surface area contributed by atoms with Crippen molar-refractivity contribution < 1.29 is 9.53 Å². The number of aromatic nitrogens is 4. The van der Waals surface area contributed by atoms with Gasteiger partial charge in [0.15, 0.2) is 0 Å². The van der Waals surface area contributed by atoms with Crippen LogP contribution in [0.4, 0.5) is 10.6 Å². The highest BCUT2D eigenvalue weighted by Gasteiger charge is 2.28. The normalized spacial score (nSPS) is 22.6.